The lowest BCUT2D eigenvalue weighted by Crippen LogP contribution is -2.41. The molecule has 9 heteroatoms. The number of rotatable bonds is 5. The van der Waals surface area contributed by atoms with Crippen molar-refractivity contribution in [2.45, 2.75) is 38.9 Å². The first-order valence-electron chi connectivity index (χ1n) is 25.4. The summed E-state index contributed by atoms with van der Waals surface area (Å²) in [5.41, 5.74) is 14.5. The highest BCUT2D eigenvalue weighted by molar-refractivity contribution is 9.10. The molecule has 0 N–H and O–H groups in total. The molecular formula is C66H51BBrFN4O2. The second-order valence-electron chi connectivity index (χ2n) is 20.5. The SMILES string of the molecule is Brc1ccc2c(c1)c1cc3c4ccccc4n(-c4ccccc4)c3cc1n2-c1ccccc1.CC1(C)OB(c2ccc3c(c2)c2cc4c5ccccc5n(-c5ccccc5)c4cc2n3-c2ccccc2)OC1(C)C.F. The van der Waals surface area contributed by atoms with Gasteiger partial charge in [-0.25, -0.2) is 0 Å². The Hall–Kier alpha value is -8.21. The van der Waals surface area contributed by atoms with Crippen molar-refractivity contribution in [2.75, 3.05) is 0 Å². The maximum Gasteiger partial charge on any atom is 0.494 e. The van der Waals surface area contributed by atoms with E-state index < -0.39 is 18.3 Å². The molecule has 1 aliphatic rings. The zero-order valence-electron chi connectivity index (χ0n) is 41.9. The quantitative estimate of drug-likeness (QED) is 0.161. The number of aromatic nitrogens is 4. The van der Waals surface area contributed by atoms with Crippen molar-refractivity contribution in [1.29, 1.82) is 0 Å². The van der Waals surface area contributed by atoms with E-state index in [9.17, 15) is 0 Å². The van der Waals surface area contributed by atoms with Gasteiger partial charge in [-0.05, 0) is 142 Å². The van der Waals surface area contributed by atoms with Crippen LogP contribution in [0.4, 0.5) is 4.70 Å². The summed E-state index contributed by atoms with van der Waals surface area (Å²) >= 11 is 3.69. The van der Waals surface area contributed by atoms with Gasteiger partial charge in [-0.2, -0.15) is 0 Å². The predicted octanol–water partition coefficient (Wildman–Crippen LogP) is 17.0. The molecule has 0 bridgehead atoms. The number of hydrogen-bond acceptors (Lipinski definition) is 2. The molecule has 4 aromatic heterocycles. The third kappa shape index (κ3) is 7.36. The molecule has 0 amide bonds. The number of hydrogen-bond donors (Lipinski definition) is 0. The van der Waals surface area contributed by atoms with Crippen molar-refractivity contribution >= 4 is 116 Å². The van der Waals surface area contributed by atoms with Gasteiger partial charge in [0, 0.05) is 70.3 Å². The average Bonchev–Trinajstić information content (AvgIpc) is 4.19. The van der Waals surface area contributed by atoms with Gasteiger partial charge in [-0.3, -0.25) is 4.70 Å². The van der Waals surface area contributed by atoms with Gasteiger partial charge in [0.2, 0.25) is 0 Å². The van der Waals surface area contributed by atoms with Gasteiger partial charge in [-0.1, -0.05) is 137 Å². The molecule has 1 saturated heterocycles. The van der Waals surface area contributed by atoms with Crippen LogP contribution in [0.5, 0.6) is 0 Å². The number of para-hydroxylation sites is 6. The summed E-state index contributed by atoms with van der Waals surface area (Å²) in [4.78, 5) is 0. The van der Waals surface area contributed by atoms with Gasteiger partial charge < -0.3 is 27.6 Å². The van der Waals surface area contributed by atoms with Crippen LogP contribution in [0, 0.1) is 0 Å². The first-order chi connectivity index (χ1) is 36.1. The zero-order valence-corrected chi connectivity index (χ0v) is 43.5. The fraction of sp³-hybridized carbons (Fsp3) is 0.0909. The Morgan fingerprint density at radius 3 is 1.01 bits per heavy atom. The molecule has 14 aromatic rings. The van der Waals surface area contributed by atoms with Crippen molar-refractivity contribution in [3.63, 3.8) is 0 Å². The van der Waals surface area contributed by atoms with E-state index in [0.29, 0.717) is 0 Å². The summed E-state index contributed by atoms with van der Waals surface area (Å²) in [6, 6.07) is 82.6. The Kier molecular flexibility index (Phi) is 11.0. The van der Waals surface area contributed by atoms with Crippen LogP contribution in [0.1, 0.15) is 27.7 Å². The molecule has 15 rings (SSSR count). The van der Waals surface area contributed by atoms with Crippen LogP contribution in [0.25, 0.3) is 110 Å². The van der Waals surface area contributed by atoms with E-state index in [0.717, 1.165) is 26.8 Å². The molecular weight excluding hydrogens is 990 g/mol. The van der Waals surface area contributed by atoms with Crippen molar-refractivity contribution in [2.24, 2.45) is 0 Å². The van der Waals surface area contributed by atoms with E-state index in [-0.39, 0.29) is 4.70 Å². The van der Waals surface area contributed by atoms with Gasteiger partial charge in [0.15, 0.2) is 0 Å². The lowest BCUT2D eigenvalue weighted by atomic mass is 9.78. The van der Waals surface area contributed by atoms with Crippen LogP contribution < -0.4 is 5.46 Å². The van der Waals surface area contributed by atoms with Crippen LogP contribution in [0.3, 0.4) is 0 Å². The number of nitrogens with zero attached hydrogens (tertiary/aromatic N) is 4. The van der Waals surface area contributed by atoms with Crippen LogP contribution >= 0.6 is 15.9 Å². The number of fused-ring (bicyclic) bond motifs is 12. The van der Waals surface area contributed by atoms with E-state index in [4.69, 9.17) is 9.31 Å². The molecule has 10 aromatic carbocycles. The largest absolute Gasteiger partial charge is 0.494 e. The molecule has 0 radical (unpaired) electrons. The molecule has 0 unspecified atom stereocenters. The summed E-state index contributed by atoms with van der Waals surface area (Å²) in [7, 11) is -0.414. The first-order valence-corrected chi connectivity index (χ1v) is 26.2. The second kappa shape index (κ2) is 17.7. The molecule has 1 fully saturated rings. The van der Waals surface area contributed by atoms with Gasteiger partial charge >= 0.3 is 7.12 Å². The van der Waals surface area contributed by atoms with Gasteiger partial charge in [0.1, 0.15) is 0 Å². The standard InChI is InChI=1S/C36H31BN2O2.C30H19BrN2.FH/c1-35(2)36(3,4)41-37(40-35)24-19-20-32-28(21-24)30-22-29-27-17-11-12-18-31(27)38(25-13-7-5-8-14-25)33(29)23-34(30)39(32)26-15-9-6-10-16-26;31-20-15-16-28-24(17-20)26-18-25-23-13-7-8-14-27(23)32(21-9-3-1-4-10-21)29(25)19-30(26)33(28)22-11-5-2-6-12-22;/h5-23H,1-4H3;1-19H;1H. The molecule has 0 saturated carbocycles. The summed E-state index contributed by atoms with van der Waals surface area (Å²) < 4.78 is 23.5. The third-order valence-corrected chi connectivity index (χ3v) is 16.2. The molecule has 0 atom stereocenters. The van der Waals surface area contributed by atoms with Crippen LogP contribution in [0.2, 0.25) is 0 Å². The van der Waals surface area contributed by atoms with E-state index in [1.165, 1.54) is 93.1 Å². The van der Waals surface area contributed by atoms with E-state index in [2.05, 4.69) is 292 Å². The van der Waals surface area contributed by atoms with Crippen molar-refractivity contribution in [1.82, 2.24) is 18.3 Å². The summed E-state index contributed by atoms with van der Waals surface area (Å²) in [6.07, 6.45) is 0. The fourth-order valence-corrected chi connectivity index (χ4v) is 11.9. The minimum Gasteiger partial charge on any atom is -0.399 e. The maximum absolute atomic E-state index is 6.45. The van der Waals surface area contributed by atoms with Crippen LogP contribution in [-0.2, 0) is 9.31 Å². The van der Waals surface area contributed by atoms with E-state index in [1.54, 1.807) is 0 Å². The molecule has 5 heterocycles. The van der Waals surface area contributed by atoms with E-state index in [1.807, 2.05) is 0 Å². The number of benzene rings is 10. The summed E-state index contributed by atoms with van der Waals surface area (Å²) in [5, 5.41) is 9.95. The lowest BCUT2D eigenvalue weighted by molar-refractivity contribution is 0.00578. The van der Waals surface area contributed by atoms with Crippen molar-refractivity contribution < 1.29 is 14.0 Å². The Morgan fingerprint density at radius 2 is 0.613 bits per heavy atom. The van der Waals surface area contributed by atoms with Crippen molar-refractivity contribution in [3.8, 4) is 22.7 Å². The molecule has 0 spiro atoms. The Morgan fingerprint density at radius 1 is 0.307 bits per heavy atom. The molecule has 75 heavy (non-hydrogen) atoms. The Labute approximate surface area is 442 Å². The average molecular weight is 1040 g/mol. The van der Waals surface area contributed by atoms with Crippen LogP contribution in [0.15, 0.2) is 235 Å². The predicted molar refractivity (Wildman–Crippen MR) is 316 cm³/mol. The normalized spacial score (nSPS) is 14.2. The maximum atomic E-state index is 6.45. The summed E-state index contributed by atoms with van der Waals surface area (Å²) in [6.45, 7) is 8.41. The molecule has 1 aliphatic heterocycles. The highest BCUT2D eigenvalue weighted by Gasteiger charge is 2.51. The molecule has 0 aliphatic carbocycles. The van der Waals surface area contributed by atoms with Gasteiger partial charge in [0.05, 0.1) is 55.3 Å². The van der Waals surface area contributed by atoms with Crippen LogP contribution in [-0.4, -0.2) is 36.6 Å². The minimum atomic E-state index is -0.414. The second-order valence-corrected chi connectivity index (χ2v) is 21.4. The topological polar surface area (TPSA) is 38.2 Å². The smallest absolute Gasteiger partial charge is 0.399 e. The van der Waals surface area contributed by atoms with Crippen molar-refractivity contribution in [3.05, 3.63) is 235 Å². The van der Waals surface area contributed by atoms with E-state index >= 15 is 0 Å². The highest BCUT2D eigenvalue weighted by atomic mass is 79.9. The zero-order chi connectivity index (χ0) is 49.9. The first kappa shape index (κ1) is 46.6. The minimum absolute atomic E-state index is 0. The summed E-state index contributed by atoms with van der Waals surface area (Å²) in [5.74, 6) is 0. The molecule has 364 valence electrons. The Balaban J connectivity index is 0.000000145. The molecule has 6 nitrogen and oxygen atoms in total. The number of halogens is 2. The van der Waals surface area contributed by atoms with Gasteiger partial charge in [0.25, 0.3) is 0 Å². The van der Waals surface area contributed by atoms with Gasteiger partial charge in [-0.15, -0.1) is 0 Å². The highest BCUT2D eigenvalue weighted by Crippen LogP contribution is 2.43. The third-order valence-electron chi connectivity index (χ3n) is 15.7. The lowest BCUT2D eigenvalue weighted by Gasteiger charge is -2.32. The monoisotopic (exact) mass is 1040 g/mol. The Bertz CT molecular complexity index is 4490. The fourth-order valence-electron chi connectivity index (χ4n) is 11.5.